The molecule has 0 aromatic carbocycles. The Labute approximate surface area is 93.7 Å². The monoisotopic (exact) mass is 232 g/mol. The highest BCUT2D eigenvalue weighted by molar-refractivity contribution is 7.84. The molecule has 1 amide bonds. The van der Waals surface area contributed by atoms with Gasteiger partial charge in [-0.3, -0.25) is 9.00 Å². The molecule has 0 aromatic heterocycles. The number of hydrogen-bond acceptors (Lipinski definition) is 3. The van der Waals surface area contributed by atoms with Crippen LogP contribution in [0, 0.1) is 5.92 Å². The molecule has 4 nitrogen and oxygen atoms in total. The quantitative estimate of drug-likeness (QED) is 0.710. The second-order valence-corrected chi connectivity index (χ2v) is 5.67. The second kappa shape index (κ2) is 6.23. The smallest absolute Gasteiger partial charge is 0.224 e. The van der Waals surface area contributed by atoms with E-state index in [1.807, 2.05) is 6.92 Å². The highest BCUT2D eigenvalue weighted by Crippen LogP contribution is 2.09. The molecule has 2 unspecified atom stereocenters. The van der Waals surface area contributed by atoms with E-state index >= 15 is 0 Å². The maximum atomic E-state index is 11.7. The van der Waals surface area contributed by atoms with E-state index in [0.717, 1.165) is 25.9 Å². The molecule has 2 N–H and O–H groups in total. The van der Waals surface area contributed by atoms with Gasteiger partial charge < -0.3 is 10.6 Å². The first-order valence-corrected chi connectivity index (χ1v) is 7.13. The van der Waals surface area contributed by atoms with E-state index in [4.69, 9.17) is 0 Å². The molecule has 0 aromatic rings. The largest absolute Gasteiger partial charge is 0.352 e. The number of hydrogen-bond donors (Lipinski definition) is 2. The third-order valence-electron chi connectivity index (χ3n) is 2.54. The van der Waals surface area contributed by atoms with Gasteiger partial charge >= 0.3 is 0 Å². The highest BCUT2D eigenvalue weighted by Gasteiger charge is 2.21. The summed E-state index contributed by atoms with van der Waals surface area (Å²) in [6, 6.07) is 0.00487. The van der Waals surface area contributed by atoms with Gasteiger partial charge in [-0.25, -0.2) is 0 Å². The van der Waals surface area contributed by atoms with Crippen molar-refractivity contribution >= 4 is 16.7 Å². The van der Waals surface area contributed by atoms with Crippen LogP contribution in [-0.2, 0) is 15.6 Å². The molecule has 5 heteroatoms. The molecule has 1 rings (SSSR count). The van der Waals surface area contributed by atoms with Crippen molar-refractivity contribution in [1.29, 1.82) is 0 Å². The minimum absolute atomic E-state index is 0.00487. The van der Waals surface area contributed by atoms with Crippen LogP contribution in [0.25, 0.3) is 0 Å². The topological polar surface area (TPSA) is 58.2 Å². The van der Waals surface area contributed by atoms with Crippen molar-refractivity contribution in [3.8, 4) is 0 Å². The Kier molecular flexibility index (Phi) is 5.25. The first-order chi connectivity index (χ1) is 7.09. The van der Waals surface area contributed by atoms with Gasteiger partial charge in [-0.15, -0.1) is 0 Å². The van der Waals surface area contributed by atoms with Crippen LogP contribution in [0.1, 0.15) is 19.8 Å². The van der Waals surface area contributed by atoms with E-state index in [1.165, 1.54) is 0 Å². The van der Waals surface area contributed by atoms with Gasteiger partial charge in [0.25, 0.3) is 0 Å². The maximum Gasteiger partial charge on any atom is 0.224 e. The fourth-order valence-electron chi connectivity index (χ4n) is 1.83. The lowest BCUT2D eigenvalue weighted by molar-refractivity contribution is -0.125. The lowest BCUT2D eigenvalue weighted by Gasteiger charge is -2.23. The Bertz CT molecular complexity index is 240. The molecule has 1 heterocycles. The number of nitrogens with one attached hydrogen (secondary N) is 2. The van der Waals surface area contributed by atoms with Crippen LogP contribution in [0.5, 0.6) is 0 Å². The molecule has 1 aliphatic heterocycles. The molecule has 15 heavy (non-hydrogen) atoms. The summed E-state index contributed by atoms with van der Waals surface area (Å²) in [4.78, 5) is 11.7. The number of amides is 1. The Morgan fingerprint density at radius 3 is 2.93 bits per heavy atom. The predicted octanol–water partition coefficient (Wildman–Crippen LogP) is -0.131. The van der Waals surface area contributed by atoms with Crippen molar-refractivity contribution in [2.45, 2.75) is 25.8 Å². The van der Waals surface area contributed by atoms with Crippen LogP contribution < -0.4 is 10.6 Å². The number of carbonyl (C=O) groups excluding carboxylic acids is 1. The molecule has 3 atom stereocenters. The number of carbonyl (C=O) groups is 1. The summed E-state index contributed by atoms with van der Waals surface area (Å²) in [7, 11) is -0.847. The van der Waals surface area contributed by atoms with Crippen molar-refractivity contribution in [3.63, 3.8) is 0 Å². The molecule has 1 fully saturated rings. The zero-order chi connectivity index (χ0) is 11.3. The van der Waals surface area contributed by atoms with E-state index in [1.54, 1.807) is 6.26 Å². The average Bonchev–Trinajstić information content (AvgIpc) is 2.17. The second-order valence-electron chi connectivity index (χ2n) is 4.19. The SMILES string of the molecule is CC(CS(C)=O)NC(=O)[C@H]1CCCNC1. The molecule has 0 saturated carbocycles. The van der Waals surface area contributed by atoms with Gasteiger partial charge in [0.15, 0.2) is 0 Å². The predicted molar refractivity (Wildman–Crippen MR) is 62.1 cm³/mol. The van der Waals surface area contributed by atoms with Crippen molar-refractivity contribution in [1.82, 2.24) is 10.6 Å². The zero-order valence-corrected chi connectivity index (χ0v) is 10.2. The summed E-state index contributed by atoms with van der Waals surface area (Å²) in [5.74, 6) is 0.720. The van der Waals surface area contributed by atoms with Crippen LogP contribution >= 0.6 is 0 Å². The van der Waals surface area contributed by atoms with Crippen molar-refractivity contribution < 1.29 is 9.00 Å². The molecular formula is C10H20N2O2S. The highest BCUT2D eigenvalue weighted by atomic mass is 32.2. The third-order valence-corrected chi connectivity index (χ3v) is 3.51. The normalized spacial score (nSPS) is 25.6. The molecule has 88 valence electrons. The van der Waals surface area contributed by atoms with Crippen molar-refractivity contribution in [2.24, 2.45) is 5.92 Å². The van der Waals surface area contributed by atoms with Crippen LogP contribution in [0.4, 0.5) is 0 Å². The first kappa shape index (κ1) is 12.6. The summed E-state index contributed by atoms with van der Waals surface area (Å²) in [6.07, 6.45) is 3.68. The Hall–Kier alpha value is -0.420. The Morgan fingerprint density at radius 2 is 2.40 bits per heavy atom. The number of rotatable bonds is 4. The van der Waals surface area contributed by atoms with Gasteiger partial charge in [-0.05, 0) is 26.3 Å². The third kappa shape index (κ3) is 4.75. The summed E-state index contributed by atoms with van der Waals surface area (Å²) in [5, 5.41) is 6.12. The minimum atomic E-state index is -0.847. The maximum absolute atomic E-state index is 11.7. The summed E-state index contributed by atoms with van der Waals surface area (Å²) < 4.78 is 11.0. The van der Waals surface area contributed by atoms with E-state index in [9.17, 15) is 9.00 Å². The molecule has 0 radical (unpaired) electrons. The standard InChI is InChI=1S/C10H20N2O2S/c1-8(7-15(2)14)12-10(13)9-4-3-5-11-6-9/h8-9,11H,3-7H2,1-2H3,(H,12,13)/t8?,9-,15?/m0/s1. The summed E-state index contributed by atoms with van der Waals surface area (Å²) in [5.41, 5.74) is 0. The molecule has 1 saturated heterocycles. The molecule has 0 spiro atoms. The van der Waals surface area contributed by atoms with Gasteiger partial charge in [-0.1, -0.05) is 0 Å². The van der Waals surface area contributed by atoms with Gasteiger partial charge in [-0.2, -0.15) is 0 Å². The van der Waals surface area contributed by atoms with Gasteiger partial charge in [0.2, 0.25) is 5.91 Å². The van der Waals surface area contributed by atoms with Crippen molar-refractivity contribution in [2.75, 3.05) is 25.1 Å². The molecule has 0 bridgehead atoms. The lowest BCUT2D eigenvalue weighted by atomic mass is 9.98. The van der Waals surface area contributed by atoms with E-state index in [-0.39, 0.29) is 17.9 Å². The minimum Gasteiger partial charge on any atom is -0.352 e. The van der Waals surface area contributed by atoms with E-state index in [0.29, 0.717) is 5.75 Å². The number of piperidine rings is 1. The summed E-state index contributed by atoms with van der Waals surface area (Å²) >= 11 is 0. The van der Waals surface area contributed by atoms with Crippen LogP contribution in [0.2, 0.25) is 0 Å². The molecule has 1 aliphatic rings. The van der Waals surface area contributed by atoms with E-state index < -0.39 is 10.8 Å². The van der Waals surface area contributed by atoms with Crippen molar-refractivity contribution in [3.05, 3.63) is 0 Å². The van der Waals surface area contributed by atoms with Gasteiger partial charge in [0.1, 0.15) is 0 Å². The van der Waals surface area contributed by atoms with Crippen LogP contribution in [0.3, 0.4) is 0 Å². The molecule has 0 aliphatic carbocycles. The Balaban J connectivity index is 2.30. The lowest BCUT2D eigenvalue weighted by Crippen LogP contribution is -2.45. The van der Waals surface area contributed by atoms with Gasteiger partial charge in [0, 0.05) is 35.4 Å². The summed E-state index contributed by atoms with van der Waals surface area (Å²) in [6.45, 7) is 3.68. The molecular weight excluding hydrogens is 212 g/mol. The van der Waals surface area contributed by atoms with Gasteiger partial charge in [0.05, 0.1) is 5.92 Å². The fourth-order valence-corrected chi connectivity index (χ4v) is 2.62. The van der Waals surface area contributed by atoms with E-state index in [2.05, 4.69) is 10.6 Å². The Morgan fingerprint density at radius 1 is 1.67 bits per heavy atom. The average molecular weight is 232 g/mol. The zero-order valence-electron chi connectivity index (χ0n) is 9.41. The van der Waals surface area contributed by atoms with Crippen LogP contribution in [0.15, 0.2) is 0 Å². The first-order valence-electron chi connectivity index (χ1n) is 5.40. The fraction of sp³-hybridized carbons (Fsp3) is 0.900. The van der Waals surface area contributed by atoms with Crippen LogP contribution in [-0.4, -0.2) is 41.3 Å².